The molecule has 1 saturated heterocycles. The Morgan fingerprint density at radius 3 is 2.48 bits per heavy atom. The van der Waals surface area contributed by atoms with E-state index >= 15 is 0 Å². The molecule has 29 heavy (non-hydrogen) atoms. The third kappa shape index (κ3) is 4.54. The standard InChI is InChI=1S/C19H21NO7S2/c1-26-14-6-7-17(18(11-14)27-2)20-19(21)13-4-3-5-15(10-13)29(24,25)16-8-9-28(22,23)12-16/h3-7,10-11,16H,8-9,12H2,1-2H3,(H,20,21)/t16-/m0/s1. The van der Waals surface area contributed by atoms with Gasteiger partial charge in [0.25, 0.3) is 5.91 Å². The molecule has 2 aromatic carbocycles. The highest BCUT2D eigenvalue weighted by molar-refractivity contribution is 7.96. The summed E-state index contributed by atoms with van der Waals surface area (Å²) in [5.41, 5.74) is 0.526. The molecular formula is C19H21NO7S2. The summed E-state index contributed by atoms with van der Waals surface area (Å²) in [7, 11) is -4.25. The van der Waals surface area contributed by atoms with Gasteiger partial charge in [-0.15, -0.1) is 0 Å². The highest BCUT2D eigenvalue weighted by Crippen LogP contribution is 2.30. The lowest BCUT2D eigenvalue weighted by molar-refractivity contribution is 0.102. The van der Waals surface area contributed by atoms with Gasteiger partial charge in [-0.3, -0.25) is 4.79 Å². The minimum Gasteiger partial charge on any atom is -0.497 e. The summed E-state index contributed by atoms with van der Waals surface area (Å²) in [5.74, 6) is -0.120. The predicted molar refractivity (Wildman–Crippen MR) is 108 cm³/mol. The zero-order valence-electron chi connectivity index (χ0n) is 15.9. The van der Waals surface area contributed by atoms with Gasteiger partial charge in [-0.1, -0.05) is 6.07 Å². The number of hydrogen-bond donors (Lipinski definition) is 1. The van der Waals surface area contributed by atoms with Crippen molar-refractivity contribution < 1.29 is 31.1 Å². The first-order valence-corrected chi connectivity index (χ1v) is 12.1. The van der Waals surface area contributed by atoms with Crippen LogP contribution >= 0.6 is 0 Å². The summed E-state index contributed by atoms with van der Waals surface area (Å²) >= 11 is 0. The van der Waals surface area contributed by atoms with Crippen LogP contribution in [0.5, 0.6) is 11.5 Å². The van der Waals surface area contributed by atoms with E-state index in [4.69, 9.17) is 9.47 Å². The summed E-state index contributed by atoms with van der Waals surface area (Å²) < 4.78 is 59.3. The average Bonchev–Trinajstić information content (AvgIpc) is 3.08. The number of ether oxygens (including phenoxy) is 2. The van der Waals surface area contributed by atoms with Gasteiger partial charge in [0.1, 0.15) is 11.5 Å². The third-order valence-electron chi connectivity index (χ3n) is 4.71. The number of amides is 1. The van der Waals surface area contributed by atoms with Crippen molar-refractivity contribution in [3.8, 4) is 11.5 Å². The Morgan fingerprint density at radius 1 is 1.10 bits per heavy atom. The normalized spacial score (nSPS) is 18.2. The highest BCUT2D eigenvalue weighted by Gasteiger charge is 2.38. The largest absolute Gasteiger partial charge is 0.497 e. The molecule has 0 bridgehead atoms. The number of rotatable bonds is 6. The maximum absolute atomic E-state index is 12.8. The molecule has 10 heteroatoms. The van der Waals surface area contributed by atoms with Crippen LogP contribution in [0.15, 0.2) is 47.4 Å². The number of hydrogen-bond acceptors (Lipinski definition) is 7. The lowest BCUT2D eigenvalue weighted by Crippen LogP contribution is -2.23. The van der Waals surface area contributed by atoms with Gasteiger partial charge in [0, 0.05) is 11.6 Å². The number of nitrogens with one attached hydrogen (secondary N) is 1. The van der Waals surface area contributed by atoms with E-state index < -0.39 is 36.6 Å². The maximum Gasteiger partial charge on any atom is 0.255 e. The van der Waals surface area contributed by atoms with E-state index in [-0.39, 0.29) is 22.6 Å². The van der Waals surface area contributed by atoms with Gasteiger partial charge in [-0.2, -0.15) is 0 Å². The number of carbonyl (C=O) groups excluding carboxylic acids is 1. The van der Waals surface area contributed by atoms with Crippen LogP contribution < -0.4 is 14.8 Å². The van der Waals surface area contributed by atoms with Crippen molar-refractivity contribution in [1.29, 1.82) is 0 Å². The van der Waals surface area contributed by atoms with E-state index in [1.807, 2.05) is 0 Å². The summed E-state index contributed by atoms with van der Waals surface area (Å²) in [4.78, 5) is 12.6. The third-order valence-corrected chi connectivity index (χ3v) is 8.88. The fraction of sp³-hybridized carbons (Fsp3) is 0.316. The fourth-order valence-electron chi connectivity index (χ4n) is 3.11. The lowest BCUT2D eigenvalue weighted by atomic mass is 10.2. The van der Waals surface area contributed by atoms with E-state index in [0.717, 1.165) is 0 Å². The fourth-order valence-corrected chi connectivity index (χ4v) is 7.51. The Kier molecular flexibility index (Phi) is 5.85. The molecule has 1 atom stereocenters. The van der Waals surface area contributed by atoms with Crippen molar-refractivity contribution in [3.05, 3.63) is 48.0 Å². The lowest BCUT2D eigenvalue weighted by Gasteiger charge is -2.13. The summed E-state index contributed by atoms with van der Waals surface area (Å²) in [6, 6.07) is 10.4. The SMILES string of the molecule is COc1ccc(NC(=O)c2cccc(S(=O)(=O)[C@H]3CCS(=O)(=O)C3)c2)c(OC)c1. The molecule has 0 saturated carbocycles. The molecule has 0 aromatic heterocycles. The number of methoxy groups -OCH3 is 2. The minimum absolute atomic E-state index is 0.0597. The van der Waals surface area contributed by atoms with Crippen molar-refractivity contribution in [2.75, 3.05) is 31.0 Å². The molecule has 0 aliphatic carbocycles. The second-order valence-electron chi connectivity index (χ2n) is 6.62. The molecule has 1 aliphatic heterocycles. The summed E-state index contributed by atoms with van der Waals surface area (Å²) in [6.45, 7) is 0. The molecule has 2 aromatic rings. The first-order valence-electron chi connectivity index (χ1n) is 8.74. The Labute approximate surface area is 169 Å². The summed E-state index contributed by atoms with van der Waals surface area (Å²) in [6.07, 6.45) is 0.0597. The summed E-state index contributed by atoms with van der Waals surface area (Å²) in [5, 5.41) is 1.69. The second kappa shape index (κ2) is 8.03. The Hall–Kier alpha value is -2.59. The molecule has 8 nitrogen and oxygen atoms in total. The van der Waals surface area contributed by atoms with Crippen LogP contribution in [0.25, 0.3) is 0 Å². The minimum atomic E-state index is -3.86. The van der Waals surface area contributed by atoms with E-state index in [1.165, 1.54) is 38.5 Å². The van der Waals surface area contributed by atoms with Gasteiger partial charge >= 0.3 is 0 Å². The molecule has 1 aliphatic rings. The molecule has 1 fully saturated rings. The molecule has 1 N–H and O–H groups in total. The topological polar surface area (TPSA) is 116 Å². The van der Waals surface area contributed by atoms with Crippen LogP contribution in [0.2, 0.25) is 0 Å². The van der Waals surface area contributed by atoms with Gasteiger partial charge in [0.15, 0.2) is 19.7 Å². The van der Waals surface area contributed by atoms with Crippen molar-refractivity contribution in [2.24, 2.45) is 0 Å². The molecule has 0 spiro atoms. The van der Waals surface area contributed by atoms with E-state index in [1.54, 1.807) is 18.2 Å². The van der Waals surface area contributed by atoms with Crippen molar-refractivity contribution in [3.63, 3.8) is 0 Å². The van der Waals surface area contributed by atoms with E-state index in [9.17, 15) is 21.6 Å². The van der Waals surface area contributed by atoms with Crippen LogP contribution in [-0.2, 0) is 19.7 Å². The van der Waals surface area contributed by atoms with Crippen molar-refractivity contribution in [2.45, 2.75) is 16.6 Å². The monoisotopic (exact) mass is 439 g/mol. The van der Waals surface area contributed by atoms with Crippen LogP contribution in [-0.4, -0.2) is 53.7 Å². The Bertz CT molecular complexity index is 1140. The average molecular weight is 440 g/mol. The van der Waals surface area contributed by atoms with Crippen LogP contribution in [0.1, 0.15) is 16.8 Å². The molecule has 156 valence electrons. The van der Waals surface area contributed by atoms with Gasteiger partial charge < -0.3 is 14.8 Å². The molecule has 3 rings (SSSR count). The number of carbonyl (C=O) groups is 1. The first kappa shape index (κ1) is 21.1. The Balaban J connectivity index is 1.85. The van der Waals surface area contributed by atoms with Crippen LogP contribution in [0.4, 0.5) is 5.69 Å². The molecule has 1 heterocycles. The van der Waals surface area contributed by atoms with E-state index in [0.29, 0.717) is 17.2 Å². The second-order valence-corrected chi connectivity index (χ2v) is 11.1. The molecule has 0 radical (unpaired) electrons. The highest BCUT2D eigenvalue weighted by atomic mass is 32.2. The van der Waals surface area contributed by atoms with Crippen molar-refractivity contribution in [1.82, 2.24) is 0 Å². The van der Waals surface area contributed by atoms with Crippen LogP contribution in [0, 0.1) is 0 Å². The zero-order valence-corrected chi connectivity index (χ0v) is 17.5. The van der Waals surface area contributed by atoms with Gasteiger partial charge in [0.05, 0.1) is 41.6 Å². The zero-order chi connectivity index (χ0) is 21.2. The van der Waals surface area contributed by atoms with E-state index in [2.05, 4.69) is 5.32 Å². The van der Waals surface area contributed by atoms with Gasteiger partial charge in [-0.25, -0.2) is 16.8 Å². The van der Waals surface area contributed by atoms with Crippen LogP contribution in [0.3, 0.4) is 0 Å². The molecular weight excluding hydrogens is 418 g/mol. The number of anilines is 1. The first-order chi connectivity index (χ1) is 13.7. The smallest absolute Gasteiger partial charge is 0.255 e. The molecule has 1 amide bonds. The molecule has 0 unspecified atom stereocenters. The van der Waals surface area contributed by atoms with Gasteiger partial charge in [0.2, 0.25) is 0 Å². The maximum atomic E-state index is 12.8. The quantitative estimate of drug-likeness (QED) is 0.731. The van der Waals surface area contributed by atoms with Crippen molar-refractivity contribution >= 4 is 31.3 Å². The van der Waals surface area contributed by atoms with Gasteiger partial charge in [-0.05, 0) is 36.8 Å². The Morgan fingerprint density at radius 2 is 1.86 bits per heavy atom. The number of benzene rings is 2. The number of sulfone groups is 2. The predicted octanol–water partition coefficient (Wildman–Crippen LogP) is 1.92.